The van der Waals surface area contributed by atoms with E-state index >= 15 is 0 Å². The van der Waals surface area contributed by atoms with E-state index in [9.17, 15) is 14.7 Å². The summed E-state index contributed by atoms with van der Waals surface area (Å²) < 4.78 is 0. The molecule has 0 saturated carbocycles. The zero-order valence-corrected chi connectivity index (χ0v) is 12.2. The van der Waals surface area contributed by atoms with Crippen molar-refractivity contribution in [1.29, 1.82) is 0 Å². The molecule has 1 amide bonds. The Balaban J connectivity index is 2.25. The van der Waals surface area contributed by atoms with Crippen molar-refractivity contribution in [2.45, 2.75) is 6.04 Å². The van der Waals surface area contributed by atoms with E-state index in [-0.39, 0.29) is 5.02 Å². The number of carboxylic acids is 1. The summed E-state index contributed by atoms with van der Waals surface area (Å²) in [5.41, 5.74) is 0.645. The molecule has 4 nitrogen and oxygen atoms in total. The van der Waals surface area contributed by atoms with Gasteiger partial charge in [-0.2, -0.15) is 0 Å². The summed E-state index contributed by atoms with van der Waals surface area (Å²) >= 11 is 11.7. The lowest BCUT2D eigenvalue weighted by Crippen LogP contribution is -2.33. The van der Waals surface area contributed by atoms with Crippen molar-refractivity contribution in [3.8, 4) is 0 Å². The lowest BCUT2D eigenvalue weighted by atomic mass is 10.1. The zero-order valence-electron chi connectivity index (χ0n) is 10.7. The van der Waals surface area contributed by atoms with Gasteiger partial charge in [0.15, 0.2) is 6.04 Å². The number of hydrogen-bond donors (Lipinski definition) is 2. The first kappa shape index (κ1) is 15.4. The van der Waals surface area contributed by atoms with Crippen molar-refractivity contribution in [2.75, 3.05) is 0 Å². The summed E-state index contributed by atoms with van der Waals surface area (Å²) in [5, 5.41) is 12.5. The summed E-state index contributed by atoms with van der Waals surface area (Å²) in [5.74, 6) is -1.70. The minimum atomic E-state index is -1.22. The third-order valence-corrected chi connectivity index (χ3v) is 3.44. The van der Waals surface area contributed by atoms with Crippen LogP contribution in [-0.2, 0) is 4.79 Å². The average molecular weight is 324 g/mol. The second kappa shape index (κ2) is 6.61. The number of amides is 1. The molecule has 0 aliphatic carbocycles. The quantitative estimate of drug-likeness (QED) is 0.904. The van der Waals surface area contributed by atoms with Crippen LogP contribution in [0.15, 0.2) is 48.5 Å². The van der Waals surface area contributed by atoms with Crippen molar-refractivity contribution in [3.63, 3.8) is 0 Å². The van der Waals surface area contributed by atoms with Gasteiger partial charge in [0.2, 0.25) is 0 Å². The van der Waals surface area contributed by atoms with E-state index in [1.54, 1.807) is 36.4 Å². The number of halogens is 2. The molecular formula is C15H11Cl2NO3. The minimum Gasteiger partial charge on any atom is -0.479 e. The number of nitrogens with one attached hydrogen (secondary N) is 1. The minimum absolute atomic E-state index is 0.279. The highest BCUT2D eigenvalue weighted by Gasteiger charge is 2.24. The Morgan fingerprint density at radius 1 is 1.00 bits per heavy atom. The van der Waals surface area contributed by atoms with Gasteiger partial charge in [0.05, 0.1) is 0 Å². The predicted molar refractivity (Wildman–Crippen MR) is 80.7 cm³/mol. The third kappa shape index (κ3) is 3.74. The van der Waals surface area contributed by atoms with Crippen LogP contribution in [0.5, 0.6) is 0 Å². The lowest BCUT2D eigenvalue weighted by molar-refractivity contribution is -0.139. The predicted octanol–water partition coefficient (Wildman–Crippen LogP) is 3.55. The SMILES string of the molecule is O=C(N[C@@H](C(=O)O)c1ccccc1Cl)c1ccc(Cl)cc1. The molecule has 0 bridgehead atoms. The van der Waals surface area contributed by atoms with Crippen LogP contribution in [-0.4, -0.2) is 17.0 Å². The Kier molecular flexibility index (Phi) is 4.83. The molecule has 1 atom stereocenters. The molecule has 0 aliphatic rings. The Bertz CT molecular complexity index is 671. The van der Waals surface area contributed by atoms with Crippen LogP contribution >= 0.6 is 23.2 Å². The molecular weight excluding hydrogens is 313 g/mol. The van der Waals surface area contributed by atoms with Gasteiger partial charge in [-0.15, -0.1) is 0 Å². The van der Waals surface area contributed by atoms with Gasteiger partial charge < -0.3 is 10.4 Å². The van der Waals surface area contributed by atoms with Crippen LogP contribution < -0.4 is 5.32 Å². The molecule has 0 saturated heterocycles. The number of benzene rings is 2. The van der Waals surface area contributed by atoms with Crippen molar-refractivity contribution in [2.24, 2.45) is 0 Å². The Hall–Kier alpha value is -2.04. The highest BCUT2D eigenvalue weighted by Crippen LogP contribution is 2.23. The molecule has 0 spiro atoms. The van der Waals surface area contributed by atoms with Gasteiger partial charge >= 0.3 is 5.97 Å². The number of aliphatic carboxylic acids is 1. The molecule has 0 heterocycles. The third-order valence-electron chi connectivity index (χ3n) is 2.85. The van der Waals surface area contributed by atoms with Gasteiger partial charge in [-0.25, -0.2) is 4.79 Å². The van der Waals surface area contributed by atoms with Gasteiger partial charge in [0, 0.05) is 21.2 Å². The van der Waals surface area contributed by atoms with E-state index in [0.29, 0.717) is 16.1 Å². The van der Waals surface area contributed by atoms with E-state index in [1.165, 1.54) is 12.1 Å². The molecule has 0 aromatic heterocycles. The monoisotopic (exact) mass is 323 g/mol. The Morgan fingerprint density at radius 2 is 1.62 bits per heavy atom. The standard InChI is InChI=1S/C15H11Cl2NO3/c16-10-7-5-9(6-8-10)14(19)18-13(15(20)21)11-3-1-2-4-12(11)17/h1-8,13H,(H,18,19)(H,20,21)/t13-/m1/s1. The summed E-state index contributed by atoms with van der Waals surface area (Å²) in [7, 11) is 0. The molecule has 2 rings (SSSR count). The fourth-order valence-electron chi connectivity index (χ4n) is 1.80. The molecule has 2 aromatic carbocycles. The Labute approximate surface area is 131 Å². The van der Waals surface area contributed by atoms with Crippen LogP contribution in [0, 0.1) is 0 Å². The molecule has 0 fully saturated rings. The molecule has 6 heteroatoms. The van der Waals surface area contributed by atoms with E-state index in [1.807, 2.05) is 0 Å². The van der Waals surface area contributed by atoms with Gasteiger partial charge in [-0.05, 0) is 30.3 Å². The normalized spacial score (nSPS) is 11.7. The maximum absolute atomic E-state index is 12.1. The maximum atomic E-state index is 12.1. The highest BCUT2D eigenvalue weighted by atomic mass is 35.5. The number of carbonyl (C=O) groups excluding carboxylic acids is 1. The van der Waals surface area contributed by atoms with Crippen LogP contribution in [0.25, 0.3) is 0 Å². The van der Waals surface area contributed by atoms with Gasteiger partial charge in [0.25, 0.3) is 5.91 Å². The largest absolute Gasteiger partial charge is 0.479 e. The first-order chi connectivity index (χ1) is 9.99. The van der Waals surface area contributed by atoms with Crippen LogP contribution in [0.2, 0.25) is 10.0 Å². The fraction of sp³-hybridized carbons (Fsp3) is 0.0667. The molecule has 2 N–H and O–H groups in total. The number of carbonyl (C=O) groups is 2. The second-order valence-electron chi connectivity index (χ2n) is 4.27. The first-order valence-electron chi connectivity index (χ1n) is 6.02. The smallest absolute Gasteiger partial charge is 0.330 e. The topological polar surface area (TPSA) is 66.4 Å². The summed E-state index contributed by atoms with van der Waals surface area (Å²) in [6.45, 7) is 0. The van der Waals surface area contributed by atoms with Gasteiger partial charge in [-0.3, -0.25) is 4.79 Å². The molecule has 108 valence electrons. The molecule has 0 unspecified atom stereocenters. The first-order valence-corrected chi connectivity index (χ1v) is 6.78. The van der Waals surface area contributed by atoms with E-state index < -0.39 is 17.9 Å². The summed E-state index contributed by atoms with van der Waals surface area (Å²) in [4.78, 5) is 23.5. The number of hydrogen-bond acceptors (Lipinski definition) is 2. The van der Waals surface area contributed by atoms with E-state index in [0.717, 1.165) is 0 Å². The number of rotatable bonds is 4. The zero-order chi connectivity index (χ0) is 15.4. The van der Waals surface area contributed by atoms with Crippen molar-refractivity contribution in [3.05, 3.63) is 69.7 Å². The lowest BCUT2D eigenvalue weighted by Gasteiger charge is -2.16. The number of carboxylic acid groups (broad SMARTS) is 1. The molecule has 0 radical (unpaired) electrons. The van der Waals surface area contributed by atoms with Crippen LogP contribution in [0.3, 0.4) is 0 Å². The van der Waals surface area contributed by atoms with Crippen LogP contribution in [0.1, 0.15) is 22.0 Å². The highest BCUT2D eigenvalue weighted by molar-refractivity contribution is 6.31. The summed E-state index contributed by atoms with van der Waals surface area (Å²) in [6, 6.07) is 11.4. The van der Waals surface area contributed by atoms with Crippen LogP contribution in [0.4, 0.5) is 0 Å². The van der Waals surface area contributed by atoms with Gasteiger partial charge in [-0.1, -0.05) is 41.4 Å². The Morgan fingerprint density at radius 3 is 2.19 bits per heavy atom. The van der Waals surface area contributed by atoms with Crippen molar-refractivity contribution < 1.29 is 14.7 Å². The second-order valence-corrected chi connectivity index (χ2v) is 5.12. The fourth-order valence-corrected chi connectivity index (χ4v) is 2.17. The van der Waals surface area contributed by atoms with Crippen molar-refractivity contribution >= 4 is 35.1 Å². The average Bonchev–Trinajstić information content (AvgIpc) is 2.46. The molecule has 2 aromatic rings. The summed E-state index contributed by atoms with van der Waals surface area (Å²) in [6.07, 6.45) is 0. The molecule has 0 aliphatic heterocycles. The van der Waals surface area contributed by atoms with E-state index in [4.69, 9.17) is 23.2 Å². The van der Waals surface area contributed by atoms with E-state index in [2.05, 4.69) is 5.32 Å². The van der Waals surface area contributed by atoms with Gasteiger partial charge in [0.1, 0.15) is 0 Å². The molecule has 21 heavy (non-hydrogen) atoms. The maximum Gasteiger partial charge on any atom is 0.330 e. The van der Waals surface area contributed by atoms with Crippen molar-refractivity contribution in [1.82, 2.24) is 5.32 Å².